The molecule has 0 aromatic heterocycles. The van der Waals surface area contributed by atoms with Crippen LogP contribution in [0, 0.1) is 18.8 Å². The van der Waals surface area contributed by atoms with Gasteiger partial charge < -0.3 is 14.8 Å². The fraction of sp³-hybridized carbons (Fsp3) is 0.458. The van der Waals surface area contributed by atoms with E-state index in [9.17, 15) is 14.4 Å². The van der Waals surface area contributed by atoms with Gasteiger partial charge in [-0.15, -0.1) is 0 Å². The monoisotopic (exact) mass is 411 g/mol. The van der Waals surface area contributed by atoms with Crippen LogP contribution in [0.1, 0.15) is 50.7 Å². The molecule has 0 spiro atoms. The Bertz CT molecular complexity index is 943. The minimum atomic E-state index is -0.881. The van der Waals surface area contributed by atoms with Crippen LogP contribution in [0.15, 0.2) is 46.8 Å². The Balaban J connectivity index is 2.18. The molecule has 3 rings (SSSR count). The van der Waals surface area contributed by atoms with Gasteiger partial charge in [-0.1, -0.05) is 38.1 Å². The second-order valence-electron chi connectivity index (χ2n) is 8.03. The van der Waals surface area contributed by atoms with E-state index in [1.165, 1.54) is 7.11 Å². The average molecular weight is 411 g/mol. The predicted octanol–water partition coefficient (Wildman–Crippen LogP) is 3.56. The van der Waals surface area contributed by atoms with Gasteiger partial charge in [0.2, 0.25) is 0 Å². The molecule has 1 aromatic carbocycles. The third kappa shape index (κ3) is 3.78. The van der Waals surface area contributed by atoms with Crippen molar-refractivity contribution in [3.05, 3.63) is 57.9 Å². The maximum Gasteiger partial charge on any atom is 0.336 e. The Morgan fingerprint density at radius 2 is 1.90 bits per heavy atom. The first kappa shape index (κ1) is 21.8. The second kappa shape index (κ2) is 8.86. The largest absolute Gasteiger partial charge is 0.468 e. The second-order valence-corrected chi connectivity index (χ2v) is 8.03. The Morgan fingerprint density at radius 1 is 1.20 bits per heavy atom. The SMILES string of the molecule is CCCOC(=O)C1=C(C)NC2=C(C(=O)[C@@H](C(=O)OC)[C@@H](C)C2)[C@@H]1c1ccccc1C. The van der Waals surface area contributed by atoms with Gasteiger partial charge in [0.05, 0.1) is 19.3 Å². The van der Waals surface area contributed by atoms with E-state index in [0.29, 0.717) is 36.3 Å². The molecule has 1 aromatic rings. The van der Waals surface area contributed by atoms with Crippen LogP contribution >= 0.6 is 0 Å². The molecule has 6 heteroatoms. The number of hydrogen-bond acceptors (Lipinski definition) is 6. The molecular formula is C24H29NO5. The van der Waals surface area contributed by atoms with Crippen molar-refractivity contribution in [2.45, 2.75) is 46.5 Å². The molecule has 1 heterocycles. The van der Waals surface area contributed by atoms with Gasteiger partial charge in [-0.2, -0.15) is 0 Å². The molecule has 1 aliphatic carbocycles. The van der Waals surface area contributed by atoms with Gasteiger partial charge in [-0.3, -0.25) is 9.59 Å². The summed E-state index contributed by atoms with van der Waals surface area (Å²) in [4.78, 5) is 39.0. The van der Waals surface area contributed by atoms with Crippen molar-refractivity contribution in [3.8, 4) is 0 Å². The Morgan fingerprint density at radius 3 is 2.53 bits per heavy atom. The third-order valence-corrected chi connectivity index (χ3v) is 5.90. The van der Waals surface area contributed by atoms with E-state index in [1.54, 1.807) is 0 Å². The van der Waals surface area contributed by atoms with E-state index < -0.39 is 23.8 Å². The lowest BCUT2D eigenvalue weighted by Gasteiger charge is -2.38. The number of carbonyl (C=O) groups excluding carboxylic acids is 3. The standard InChI is InChI=1S/C24H29NO5/c1-6-11-30-24(28)19-15(4)25-17-12-14(3)18(23(27)29-5)22(26)21(17)20(19)16-10-8-7-9-13(16)2/h7-10,14,18,20,25H,6,11-12H2,1-5H3/t14-,18-,20+/m0/s1. The van der Waals surface area contributed by atoms with Crippen LogP contribution in [0.25, 0.3) is 0 Å². The number of ether oxygens (including phenoxy) is 2. The Kier molecular flexibility index (Phi) is 6.44. The number of allylic oxidation sites excluding steroid dienone is 3. The molecule has 0 saturated heterocycles. The van der Waals surface area contributed by atoms with Gasteiger partial charge >= 0.3 is 11.9 Å². The summed E-state index contributed by atoms with van der Waals surface area (Å²) in [6, 6.07) is 7.69. The summed E-state index contributed by atoms with van der Waals surface area (Å²) in [5.41, 5.74) is 4.16. The molecule has 2 aliphatic rings. The number of Topliss-reactive ketones (excluding diaryl/α,β-unsaturated/α-hetero) is 1. The highest BCUT2D eigenvalue weighted by Crippen LogP contribution is 2.46. The van der Waals surface area contributed by atoms with Crippen LogP contribution in [-0.4, -0.2) is 31.4 Å². The van der Waals surface area contributed by atoms with Gasteiger partial charge in [0.1, 0.15) is 5.92 Å². The van der Waals surface area contributed by atoms with Crippen LogP contribution in [-0.2, 0) is 23.9 Å². The van der Waals surface area contributed by atoms with Crippen LogP contribution in [0.3, 0.4) is 0 Å². The van der Waals surface area contributed by atoms with Crippen molar-refractivity contribution in [2.75, 3.05) is 13.7 Å². The topological polar surface area (TPSA) is 81.7 Å². The summed E-state index contributed by atoms with van der Waals surface area (Å²) in [7, 11) is 1.29. The highest BCUT2D eigenvalue weighted by molar-refractivity contribution is 6.12. The number of rotatable bonds is 5. The van der Waals surface area contributed by atoms with E-state index in [1.807, 2.05) is 52.0 Å². The summed E-state index contributed by atoms with van der Waals surface area (Å²) in [6.07, 6.45) is 1.23. The first-order chi connectivity index (χ1) is 14.3. The fourth-order valence-corrected chi connectivity index (χ4v) is 4.45. The molecule has 1 aliphatic heterocycles. The molecule has 0 bridgehead atoms. The van der Waals surface area contributed by atoms with Crippen LogP contribution in [0.2, 0.25) is 0 Å². The maximum atomic E-state index is 13.6. The van der Waals surface area contributed by atoms with Gasteiger partial charge in [0.15, 0.2) is 5.78 Å². The van der Waals surface area contributed by atoms with E-state index in [4.69, 9.17) is 9.47 Å². The lowest BCUT2D eigenvalue weighted by molar-refractivity contribution is -0.151. The van der Waals surface area contributed by atoms with Crippen LogP contribution in [0.5, 0.6) is 0 Å². The summed E-state index contributed by atoms with van der Waals surface area (Å²) in [5, 5.41) is 3.27. The molecule has 0 fully saturated rings. The quantitative estimate of drug-likeness (QED) is 0.589. The minimum absolute atomic E-state index is 0.199. The number of benzene rings is 1. The number of nitrogens with one attached hydrogen (secondary N) is 1. The molecule has 0 amide bonds. The van der Waals surface area contributed by atoms with Crippen molar-refractivity contribution >= 4 is 17.7 Å². The lowest BCUT2D eigenvalue weighted by atomic mass is 9.68. The molecule has 6 nitrogen and oxygen atoms in total. The highest BCUT2D eigenvalue weighted by Gasteiger charge is 2.47. The molecule has 0 radical (unpaired) electrons. The molecular weight excluding hydrogens is 382 g/mol. The molecule has 160 valence electrons. The van der Waals surface area contributed by atoms with Gasteiger partial charge in [0.25, 0.3) is 0 Å². The normalized spacial score (nSPS) is 23.6. The van der Waals surface area contributed by atoms with Crippen molar-refractivity contribution in [2.24, 2.45) is 11.8 Å². The number of hydrogen-bond donors (Lipinski definition) is 1. The van der Waals surface area contributed by atoms with E-state index in [0.717, 1.165) is 16.8 Å². The average Bonchev–Trinajstić information content (AvgIpc) is 2.71. The number of methoxy groups -OCH3 is 1. The fourth-order valence-electron chi connectivity index (χ4n) is 4.45. The number of dihydropyridines is 1. The van der Waals surface area contributed by atoms with Crippen molar-refractivity contribution in [1.29, 1.82) is 0 Å². The van der Waals surface area contributed by atoms with E-state index in [-0.39, 0.29) is 11.7 Å². The van der Waals surface area contributed by atoms with Crippen LogP contribution in [0.4, 0.5) is 0 Å². The third-order valence-electron chi connectivity index (χ3n) is 5.90. The lowest BCUT2D eigenvalue weighted by Crippen LogP contribution is -2.43. The zero-order chi connectivity index (χ0) is 22.0. The smallest absolute Gasteiger partial charge is 0.336 e. The van der Waals surface area contributed by atoms with Crippen LogP contribution < -0.4 is 5.32 Å². The predicted molar refractivity (Wildman–Crippen MR) is 112 cm³/mol. The number of esters is 2. The number of aryl methyl sites for hydroxylation is 1. The summed E-state index contributed by atoms with van der Waals surface area (Å²) < 4.78 is 10.4. The van der Waals surface area contributed by atoms with Crippen molar-refractivity contribution in [3.63, 3.8) is 0 Å². The van der Waals surface area contributed by atoms with Crippen molar-refractivity contribution < 1.29 is 23.9 Å². The summed E-state index contributed by atoms with van der Waals surface area (Å²) >= 11 is 0. The van der Waals surface area contributed by atoms with Gasteiger partial charge in [-0.05, 0) is 43.7 Å². The van der Waals surface area contributed by atoms with E-state index >= 15 is 0 Å². The highest BCUT2D eigenvalue weighted by atomic mass is 16.5. The number of carbonyl (C=O) groups is 3. The molecule has 30 heavy (non-hydrogen) atoms. The molecule has 0 saturated carbocycles. The molecule has 0 unspecified atom stereocenters. The first-order valence-corrected chi connectivity index (χ1v) is 10.4. The van der Waals surface area contributed by atoms with Gasteiger partial charge in [0, 0.05) is 22.9 Å². The summed E-state index contributed by atoms with van der Waals surface area (Å²) in [5.74, 6) is -2.93. The minimum Gasteiger partial charge on any atom is -0.468 e. The zero-order valence-corrected chi connectivity index (χ0v) is 18.2. The Hall–Kier alpha value is -2.89. The number of ketones is 1. The first-order valence-electron chi connectivity index (χ1n) is 10.4. The Labute approximate surface area is 177 Å². The molecule has 1 N–H and O–H groups in total. The molecule has 3 atom stereocenters. The maximum absolute atomic E-state index is 13.6. The summed E-state index contributed by atoms with van der Waals surface area (Å²) in [6.45, 7) is 7.89. The van der Waals surface area contributed by atoms with Gasteiger partial charge in [-0.25, -0.2) is 4.79 Å². The van der Waals surface area contributed by atoms with E-state index in [2.05, 4.69) is 5.32 Å². The van der Waals surface area contributed by atoms with Crippen molar-refractivity contribution in [1.82, 2.24) is 5.32 Å². The zero-order valence-electron chi connectivity index (χ0n) is 18.2.